The maximum atomic E-state index is 6.21. The second-order valence-corrected chi connectivity index (χ2v) is 4.56. The molecule has 1 aromatic heterocycles. The molecule has 1 nitrogen and oxygen atoms in total. The van der Waals surface area contributed by atoms with Crippen LogP contribution in [0.25, 0.3) is 16.6 Å². The minimum absolute atomic E-state index is 0.642. The van der Waals surface area contributed by atoms with Crippen LogP contribution >= 0.6 is 23.2 Å². The van der Waals surface area contributed by atoms with Crippen LogP contribution in [-0.2, 0) is 0 Å². The fraction of sp³-hybridized carbons (Fsp3) is 0. The van der Waals surface area contributed by atoms with Gasteiger partial charge in [0.1, 0.15) is 0 Å². The third kappa shape index (κ3) is 1.72. The number of para-hydroxylation sites is 1. The molecule has 0 atom stereocenters. The van der Waals surface area contributed by atoms with Gasteiger partial charge in [0.2, 0.25) is 0 Å². The third-order valence-electron chi connectivity index (χ3n) is 2.71. The predicted octanol–water partition coefficient (Wildman–Crippen LogP) is 4.74. The molecule has 0 aliphatic rings. The summed E-state index contributed by atoms with van der Waals surface area (Å²) in [6.45, 7) is 0. The van der Waals surface area contributed by atoms with Gasteiger partial charge in [-0.25, -0.2) is 0 Å². The first-order valence-corrected chi connectivity index (χ1v) is 5.94. The summed E-state index contributed by atoms with van der Waals surface area (Å²) in [4.78, 5) is 0. The number of aromatic nitrogens is 1. The Morgan fingerprint density at radius 3 is 2.53 bits per heavy atom. The average Bonchev–Trinajstić information content (AvgIpc) is 2.73. The Kier molecular flexibility index (Phi) is 2.58. The lowest BCUT2D eigenvalue weighted by atomic mass is 10.2. The molecule has 3 heteroatoms. The summed E-state index contributed by atoms with van der Waals surface area (Å²) < 4.78 is 1.99. The van der Waals surface area contributed by atoms with Crippen molar-refractivity contribution in [2.24, 2.45) is 0 Å². The first kappa shape index (κ1) is 10.7. The topological polar surface area (TPSA) is 4.93 Å². The maximum absolute atomic E-state index is 6.21. The molecule has 83 valence electrons. The fourth-order valence-electron chi connectivity index (χ4n) is 1.94. The van der Waals surface area contributed by atoms with E-state index < -0.39 is 0 Å². The van der Waals surface area contributed by atoms with Gasteiger partial charge in [-0.2, -0.15) is 0 Å². The van der Waals surface area contributed by atoms with E-state index in [1.165, 1.54) is 0 Å². The predicted molar refractivity (Wildman–Crippen MR) is 72.1 cm³/mol. The van der Waals surface area contributed by atoms with E-state index in [0.717, 1.165) is 16.6 Å². The van der Waals surface area contributed by atoms with Crippen molar-refractivity contribution < 1.29 is 0 Å². The van der Waals surface area contributed by atoms with Crippen molar-refractivity contribution in [2.45, 2.75) is 0 Å². The van der Waals surface area contributed by atoms with E-state index in [9.17, 15) is 0 Å². The number of rotatable bonds is 1. The Balaban J connectivity index is 2.35. The molecule has 0 spiro atoms. The van der Waals surface area contributed by atoms with Gasteiger partial charge in [0.25, 0.3) is 0 Å². The molecule has 0 saturated carbocycles. The molecular weight excluding hydrogens is 253 g/mol. The highest BCUT2D eigenvalue weighted by Crippen LogP contribution is 2.31. The molecule has 0 unspecified atom stereocenters. The summed E-state index contributed by atoms with van der Waals surface area (Å²) in [5.41, 5.74) is 1.88. The Morgan fingerprint density at radius 2 is 1.76 bits per heavy atom. The fourth-order valence-corrected chi connectivity index (χ4v) is 2.52. The standard InChI is InChI=1S/C14H8Cl2N/c15-11-5-3-6-12(16)14(11)17-9-8-10-4-1-2-7-13(10)17/h2-9H. The van der Waals surface area contributed by atoms with Crippen LogP contribution in [0.4, 0.5) is 0 Å². The first-order chi connectivity index (χ1) is 8.27. The van der Waals surface area contributed by atoms with Crippen LogP contribution in [0.3, 0.4) is 0 Å². The molecule has 3 rings (SSSR count). The van der Waals surface area contributed by atoms with Gasteiger partial charge in [0.05, 0.1) is 21.2 Å². The number of halogens is 2. The van der Waals surface area contributed by atoms with Gasteiger partial charge in [-0.1, -0.05) is 35.3 Å². The van der Waals surface area contributed by atoms with Crippen LogP contribution in [0, 0.1) is 6.07 Å². The van der Waals surface area contributed by atoms with Crippen molar-refractivity contribution in [3.8, 4) is 5.69 Å². The second-order valence-electron chi connectivity index (χ2n) is 3.74. The van der Waals surface area contributed by atoms with Gasteiger partial charge < -0.3 is 4.57 Å². The van der Waals surface area contributed by atoms with E-state index >= 15 is 0 Å². The van der Waals surface area contributed by atoms with Gasteiger partial charge in [-0.05, 0) is 36.4 Å². The molecule has 0 amide bonds. The lowest BCUT2D eigenvalue weighted by Crippen LogP contribution is -1.93. The zero-order valence-electron chi connectivity index (χ0n) is 8.82. The normalized spacial score (nSPS) is 10.9. The lowest BCUT2D eigenvalue weighted by Gasteiger charge is -2.09. The number of benzene rings is 2. The summed E-state index contributed by atoms with van der Waals surface area (Å²) in [7, 11) is 0. The summed E-state index contributed by atoms with van der Waals surface area (Å²) >= 11 is 12.4. The van der Waals surface area contributed by atoms with Crippen molar-refractivity contribution in [2.75, 3.05) is 0 Å². The first-order valence-electron chi connectivity index (χ1n) is 5.19. The maximum Gasteiger partial charge on any atom is 0.0830 e. The van der Waals surface area contributed by atoms with Crippen LogP contribution in [0.1, 0.15) is 0 Å². The lowest BCUT2D eigenvalue weighted by molar-refractivity contribution is 1.13. The highest BCUT2D eigenvalue weighted by Gasteiger charge is 2.09. The molecule has 0 aliphatic heterocycles. The number of hydrogen-bond donors (Lipinski definition) is 0. The van der Waals surface area contributed by atoms with Crippen molar-refractivity contribution in [1.82, 2.24) is 4.57 Å². The highest BCUT2D eigenvalue weighted by atomic mass is 35.5. The van der Waals surface area contributed by atoms with Crippen LogP contribution in [0.15, 0.2) is 48.7 Å². The molecule has 0 bridgehead atoms. The van der Waals surface area contributed by atoms with Gasteiger partial charge in [-0.15, -0.1) is 0 Å². The SMILES string of the molecule is Clc1cccc(Cl)c1-n1ccc2c[c]ccc21. The summed E-state index contributed by atoms with van der Waals surface area (Å²) in [5.74, 6) is 0. The van der Waals surface area contributed by atoms with E-state index in [2.05, 4.69) is 6.07 Å². The number of fused-ring (bicyclic) bond motifs is 1. The van der Waals surface area contributed by atoms with Gasteiger partial charge in [-0.3, -0.25) is 0 Å². The molecular formula is C14H8Cl2N. The minimum Gasteiger partial charge on any atom is -0.314 e. The summed E-state index contributed by atoms with van der Waals surface area (Å²) in [6.07, 6.45) is 1.96. The van der Waals surface area contributed by atoms with Crippen molar-refractivity contribution in [3.63, 3.8) is 0 Å². The summed E-state index contributed by atoms with van der Waals surface area (Å²) in [6, 6.07) is 16.4. The van der Waals surface area contributed by atoms with E-state index in [4.69, 9.17) is 23.2 Å². The summed E-state index contributed by atoms with van der Waals surface area (Å²) in [5, 5.41) is 2.40. The van der Waals surface area contributed by atoms with Crippen molar-refractivity contribution in [3.05, 3.63) is 64.8 Å². The molecule has 1 radical (unpaired) electrons. The van der Waals surface area contributed by atoms with E-state index in [1.54, 1.807) is 0 Å². The Labute approximate surface area is 109 Å². The van der Waals surface area contributed by atoms with E-state index in [0.29, 0.717) is 10.0 Å². The zero-order valence-corrected chi connectivity index (χ0v) is 10.3. The van der Waals surface area contributed by atoms with Crippen molar-refractivity contribution >= 4 is 34.1 Å². The molecule has 0 N–H and O–H groups in total. The zero-order chi connectivity index (χ0) is 11.8. The molecule has 1 heterocycles. The largest absolute Gasteiger partial charge is 0.314 e. The van der Waals surface area contributed by atoms with E-state index in [1.807, 2.05) is 53.2 Å². The quantitative estimate of drug-likeness (QED) is 0.596. The number of nitrogens with zero attached hydrogens (tertiary/aromatic N) is 1. The second kappa shape index (κ2) is 4.10. The average molecular weight is 261 g/mol. The Hall–Kier alpha value is -1.44. The monoisotopic (exact) mass is 260 g/mol. The smallest absolute Gasteiger partial charge is 0.0830 e. The molecule has 0 fully saturated rings. The highest BCUT2D eigenvalue weighted by molar-refractivity contribution is 6.37. The third-order valence-corrected chi connectivity index (χ3v) is 3.32. The Bertz CT molecular complexity index is 665. The van der Waals surface area contributed by atoms with Crippen LogP contribution < -0.4 is 0 Å². The molecule has 0 aliphatic carbocycles. The molecule has 0 saturated heterocycles. The van der Waals surface area contributed by atoms with Crippen LogP contribution in [-0.4, -0.2) is 4.57 Å². The molecule has 17 heavy (non-hydrogen) atoms. The minimum atomic E-state index is 0.642. The van der Waals surface area contributed by atoms with Gasteiger partial charge in [0, 0.05) is 11.6 Å². The molecule has 3 aromatic rings. The Morgan fingerprint density at radius 1 is 1.00 bits per heavy atom. The van der Waals surface area contributed by atoms with Gasteiger partial charge in [0.15, 0.2) is 0 Å². The van der Waals surface area contributed by atoms with Crippen molar-refractivity contribution in [1.29, 1.82) is 0 Å². The van der Waals surface area contributed by atoms with E-state index in [-0.39, 0.29) is 0 Å². The van der Waals surface area contributed by atoms with Crippen LogP contribution in [0.2, 0.25) is 10.0 Å². The molecule has 2 aromatic carbocycles. The number of hydrogen-bond acceptors (Lipinski definition) is 0. The van der Waals surface area contributed by atoms with Crippen LogP contribution in [0.5, 0.6) is 0 Å². The van der Waals surface area contributed by atoms with Gasteiger partial charge >= 0.3 is 0 Å².